The second kappa shape index (κ2) is 9.18. The van der Waals surface area contributed by atoms with Crippen LogP contribution in [0.4, 0.5) is 18.9 Å². The van der Waals surface area contributed by atoms with E-state index in [2.05, 4.69) is 5.32 Å². The lowest BCUT2D eigenvalue weighted by atomic mass is 10.2. The highest BCUT2D eigenvalue weighted by atomic mass is 35.5. The molecule has 0 aliphatic carbocycles. The minimum Gasteiger partial charge on any atom is -0.325 e. The van der Waals surface area contributed by atoms with E-state index in [0.29, 0.717) is 5.52 Å². The molecule has 10 heteroatoms. The van der Waals surface area contributed by atoms with Crippen LogP contribution < -0.4 is 16.4 Å². The van der Waals surface area contributed by atoms with Gasteiger partial charge in [0.25, 0.3) is 0 Å². The standard InChI is InChI=1S/C24H17ClF3N3O3/c25-17-9-10-19-20(12-17)31(23(34)22(33)30(19)13-15-5-2-1-3-6-15)14-21(32)29-18-8-4-7-16(11-18)24(26,27)28/h1-12H,13-14H2,(H,29,32). The van der Waals surface area contributed by atoms with E-state index < -0.39 is 35.3 Å². The number of carbonyl (C=O) groups is 1. The Kier molecular flexibility index (Phi) is 6.30. The van der Waals surface area contributed by atoms with Crippen molar-refractivity contribution in [2.24, 2.45) is 0 Å². The summed E-state index contributed by atoms with van der Waals surface area (Å²) in [4.78, 5) is 38.5. The molecule has 1 amide bonds. The smallest absolute Gasteiger partial charge is 0.325 e. The fraction of sp³-hybridized carbons (Fsp3) is 0.125. The maximum Gasteiger partial charge on any atom is 0.416 e. The van der Waals surface area contributed by atoms with Crippen LogP contribution in [-0.4, -0.2) is 15.0 Å². The molecular weight excluding hydrogens is 471 g/mol. The molecule has 0 saturated carbocycles. The van der Waals surface area contributed by atoms with Gasteiger partial charge in [0.1, 0.15) is 6.54 Å². The lowest BCUT2D eigenvalue weighted by Crippen LogP contribution is -2.43. The normalized spacial score (nSPS) is 11.5. The summed E-state index contributed by atoms with van der Waals surface area (Å²) < 4.78 is 41.1. The van der Waals surface area contributed by atoms with E-state index in [1.165, 1.54) is 16.7 Å². The number of benzene rings is 3. The molecule has 6 nitrogen and oxygen atoms in total. The summed E-state index contributed by atoms with van der Waals surface area (Å²) in [5.41, 5.74) is -1.40. The Balaban J connectivity index is 1.72. The fourth-order valence-electron chi connectivity index (χ4n) is 3.59. The Hall–Kier alpha value is -3.85. The third kappa shape index (κ3) is 4.89. The van der Waals surface area contributed by atoms with Crippen molar-refractivity contribution in [3.63, 3.8) is 0 Å². The van der Waals surface area contributed by atoms with Crippen LogP contribution in [-0.2, 0) is 24.1 Å². The molecule has 0 spiro atoms. The highest BCUT2D eigenvalue weighted by Crippen LogP contribution is 2.30. The van der Waals surface area contributed by atoms with E-state index in [4.69, 9.17) is 11.6 Å². The Labute approximate surface area is 195 Å². The van der Waals surface area contributed by atoms with Crippen molar-refractivity contribution in [2.45, 2.75) is 19.3 Å². The van der Waals surface area contributed by atoms with Crippen LogP contribution in [0.15, 0.2) is 82.4 Å². The maximum atomic E-state index is 12.9. The van der Waals surface area contributed by atoms with Crippen LogP contribution in [0.25, 0.3) is 11.0 Å². The molecule has 0 fully saturated rings. The molecule has 0 aliphatic rings. The second-order valence-electron chi connectivity index (χ2n) is 7.53. The summed E-state index contributed by atoms with van der Waals surface area (Å²) in [5.74, 6) is -0.775. The molecule has 3 aromatic carbocycles. The molecule has 174 valence electrons. The maximum absolute atomic E-state index is 12.9. The first-order valence-electron chi connectivity index (χ1n) is 10.1. The molecule has 34 heavy (non-hydrogen) atoms. The zero-order valence-electron chi connectivity index (χ0n) is 17.5. The minimum atomic E-state index is -4.58. The Morgan fingerprint density at radius 3 is 2.26 bits per heavy atom. The zero-order chi connectivity index (χ0) is 24.5. The van der Waals surface area contributed by atoms with Crippen LogP contribution in [0, 0.1) is 0 Å². The number of carbonyl (C=O) groups excluding carboxylic acids is 1. The molecular formula is C24H17ClF3N3O3. The monoisotopic (exact) mass is 487 g/mol. The highest BCUT2D eigenvalue weighted by Gasteiger charge is 2.30. The first-order chi connectivity index (χ1) is 16.1. The van der Waals surface area contributed by atoms with Gasteiger partial charge in [-0.15, -0.1) is 0 Å². The van der Waals surface area contributed by atoms with Gasteiger partial charge in [0.2, 0.25) is 5.91 Å². The molecule has 0 unspecified atom stereocenters. The van der Waals surface area contributed by atoms with Crippen molar-refractivity contribution in [1.29, 1.82) is 0 Å². The van der Waals surface area contributed by atoms with Crippen molar-refractivity contribution in [3.8, 4) is 0 Å². The van der Waals surface area contributed by atoms with Gasteiger partial charge in [0, 0.05) is 10.7 Å². The highest BCUT2D eigenvalue weighted by molar-refractivity contribution is 6.31. The van der Waals surface area contributed by atoms with E-state index in [1.54, 1.807) is 24.3 Å². The van der Waals surface area contributed by atoms with Crippen molar-refractivity contribution < 1.29 is 18.0 Å². The van der Waals surface area contributed by atoms with Crippen LogP contribution in [0.2, 0.25) is 5.02 Å². The molecule has 0 aliphatic heterocycles. The average Bonchev–Trinajstić information content (AvgIpc) is 2.80. The quantitative estimate of drug-likeness (QED) is 0.421. The van der Waals surface area contributed by atoms with E-state index in [-0.39, 0.29) is 22.8 Å². The molecule has 0 bridgehead atoms. The molecule has 1 N–H and O–H groups in total. The molecule has 4 aromatic rings. The van der Waals surface area contributed by atoms with Crippen LogP contribution in [0.5, 0.6) is 0 Å². The van der Waals surface area contributed by atoms with Gasteiger partial charge in [-0.3, -0.25) is 23.5 Å². The van der Waals surface area contributed by atoms with Crippen molar-refractivity contribution in [2.75, 3.05) is 5.32 Å². The summed E-state index contributed by atoms with van der Waals surface area (Å²) in [6, 6.07) is 17.7. The largest absolute Gasteiger partial charge is 0.416 e. The van der Waals surface area contributed by atoms with Crippen LogP contribution in [0.3, 0.4) is 0 Å². The van der Waals surface area contributed by atoms with Gasteiger partial charge in [-0.2, -0.15) is 13.2 Å². The zero-order valence-corrected chi connectivity index (χ0v) is 18.2. The minimum absolute atomic E-state index is 0.0902. The van der Waals surface area contributed by atoms with Gasteiger partial charge >= 0.3 is 17.3 Å². The van der Waals surface area contributed by atoms with E-state index in [9.17, 15) is 27.6 Å². The Morgan fingerprint density at radius 2 is 1.56 bits per heavy atom. The summed E-state index contributed by atoms with van der Waals surface area (Å²) in [6.07, 6.45) is -4.58. The van der Waals surface area contributed by atoms with Gasteiger partial charge < -0.3 is 5.32 Å². The second-order valence-corrected chi connectivity index (χ2v) is 7.96. The number of alkyl halides is 3. The summed E-state index contributed by atoms with van der Waals surface area (Å²) in [6.45, 7) is -0.461. The van der Waals surface area contributed by atoms with Crippen molar-refractivity contribution >= 4 is 34.2 Å². The molecule has 0 radical (unpaired) electrons. The lowest BCUT2D eigenvalue weighted by Gasteiger charge is -2.16. The number of amides is 1. The number of hydrogen-bond acceptors (Lipinski definition) is 3. The topological polar surface area (TPSA) is 73.1 Å². The first-order valence-corrected chi connectivity index (χ1v) is 10.5. The average molecular weight is 488 g/mol. The first kappa shape index (κ1) is 23.3. The molecule has 0 saturated heterocycles. The van der Waals surface area contributed by atoms with Crippen molar-refractivity contribution in [1.82, 2.24) is 9.13 Å². The number of rotatable bonds is 5. The van der Waals surface area contributed by atoms with E-state index in [0.717, 1.165) is 28.3 Å². The summed E-state index contributed by atoms with van der Waals surface area (Å²) in [7, 11) is 0. The number of fused-ring (bicyclic) bond motifs is 1. The number of nitrogens with zero attached hydrogens (tertiary/aromatic N) is 2. The molecule has 4 rings (SSSR count). The molecule has 1 heterocycles. The summed E-state index contributed by atoms with van der Waals surface area (Å²) in [5, 5.41) is 2.62. The Morgan fingerprint density at radius 1 is 0.853 bits per heavy atom. The predicted molar refractivity (Wildman–Crippen MR) is 123 cm³/mol. The number of aromatic nitrogens is 2. The summed E-state index contributed by atoms with van der Waals surface area (Å²) >= 11 is 6.11. The lowest BCUT2D eigenvalue weighted by molar-refractivity contribution is -0.137. The molecule has 0 atom stereocenters. The van der Waals surface area contributed by atoms with Gasteiger partial charge in [-0.05, 0) is 42.0 Å². The fourth-order valence-corrected chi connectivity index (χ4v) is 3.75. The van der Waals surface area contributed by atoms with Crippen LogP contribution >= 0.6 is 11.6 Å². The number of hydrogen-bond donors (Lipinski definition) is 1. The third-order valence-corrected chi connectivity index (χ3v) is 5.39. The van der Waals surface area contributed by atoms with E-state index in [1.807, 2.05) is 18.2 Å². The van der Waals surface area contributed by atoms with Crippen molar-refractivity contribution in [3.05, 3.63) is 110 Å². The van der Waals surface area contributed by atoms with Gasteiger partial charge in [-0.25, -0.2) is 0 Å². The van der Waals surface area contributed by atoms with E-state index >= 15 is 0 Å². The number of nitrogens with one attached hydrogen (secondary N) is 1. The number of halogens is 4. The number of anilines is 1. The predicted octanol–water partition coefficient (Wildman–Crippen LogP) is 4.52. The van der Waals surface area contributed by atoms with Gasteiger partial charge in [0.15, 0.2) is 0 Å². The van der Waals surface area contributed by atoms with Gasteiger partial charge in [-0.1, -0.05) is 48.0 Å². The Bertz CT molecular complexity index is 1500. The van der Waals surface area contributed by atoms with Gasteiger partial charge in [0.05, 0.1) is 23.1 Å². The SMILES string of the molecule is O=C(Cn1c(=O)c(=O)n(Cc2ccccc2)c2ccc(Cl)cc21)Nc1cccc(C(F)(F)F)c1. The third-order valence-electron chi connectivity index (χ3n) is 5.15. The van der Waals surface area contributed by atoms with Crippen LogP contribution in [0.1, 0.15) is 11.1 Å². The molecule has 1 aromatic heterocycles.